The van der Waals surface area contributed by atoms with Crippen molar-refractivity contribution >= 4 is 34.0 Å². The predicted octanol–water partition coefficient (Wildman–Crippen LogP) is 6.37. The van der Waals surface area contributed by atoms with Gasteiger partial charge in [-0.15, -0.1) is 11.8 Å². The molecule has 9 heteroatoms. The third-order valence-electron chi connectivity index (χ3n) is 5.86. The number of aryl methyl sites for hydroxylation is 1. The van der Waals surface area contributed by atoms with Gasteiger partial charge in [0, 0.05) is 16.0 Å². The average molecular weight is 535 g/mol. The number of aromatic nitrogens is 1. The Morgan fingerprint density at radius 1 is 1.08 bits per heavy atom. The lowest BCUT2D eigenvalue weighted by Crippen LogP contribution is -2.24. The fourth-order valence-electron chi connectivity index (χ4n) is 4.01. The van der Waals surface area contributed by atoms with Crippen LogP contribution in [0.25, 0.3) is 10.9 Å². The normalized spacial score (nSPS) is 12.9. The minimum absolute atomic E-state index is 0.258. The molecule has 0 amide bonds. The van der Waals surface area contributed by atoms with Crippen molar-refractivity contribution in [3.05, 3.63) is 48.2 Å². The number of methoxy groups -OCH3 is 1. The van der Waals surface area contributed by atoms with Gasteiger partial charge in [0.2, 0.25) is 6.93 Å². The number of nitrogen functional groups attached to an aromatic ring is 1. The van der Waals surface area contributed by atoms with Crippen molar-refractivity contribution in [3.63, 3.8) is 0 Å². The summed E-state index contributed by atoms with van der Waals surface area (Å²) in [4.78, 5) is 3.53. The predicted molar refractivity (Wildman–Crippen MR) is 151 cm³/mol. The standard InChI is InChI=1S/C21H22FN3OS.C6H13N.CH2F2/c1-26-21-14-16(27-2)8-9-19(21)24-11-4-5-15-13-17-18(23)6-3-7-20(17)25(15)12-10-22;1-7-5-3-2-4-6-7;2-1-3/h3,6-9,13-14,24H,10-12,23H2,1-2H3;2-6H2,1H3;1H2. The molecule has 0 atom stereocenters. The van der Waals surface area contributed by atoms with Crippen LogP contribution in [0.1, 0.15) is 25.0 Å². The molecule has 0 aliphatic carbocycles. The van der Waals surface area contributed by atoms with Crippen molar-refractivity contribution in [2.75, 3.05) is 64.7 Å². The molecule has 37 heavy (non-hydrogen) atoms. The first kappa shape index (κ1) is 30.3. The summed E-state index contributed by atoms with van der Waals surface area (Å²) in [5, 5.41) is 4.17. The molecule has 0 saturated carbocycles. The van der Waals surface area contributed by atoms with Crippen LogP contribution in [-0.4, -0.2) is 63.1 Å². The van der Waals surface area contributed by atoms with Gasteiger partial charge in [0.15, 0.2) is 0 Å². The van der Waals surface area contributed by atoms with E-state index in [-0.39, 0.29) is 6.54 Å². The summed E-state index contributed by atoms with van der Waals surface area (Å²) in [6, 6.07) is 13.6. The van der Waals surface area contributed by atoms with E-state index in [0.29, 0.717) is 12.2 Å². The summed E-state index contributed by atoms with van der Waals surface area (Å²) in [6.45, 7) is 1.14. The van der Waals surface area contributed by atoms with E-state index in [4.69, 9.17) is 10.5 Å². The second kappa shape index (κ2) is 16.7. The molecule has 3 N–H and O–H groups in total. The van der Waals surface area contributed by atoms with Crippen molar-refractivity contribution in [1.29, 1.82) is 0 Å². The Balaban J connectivity index is 0.000000404. The highest BCUT2D eigenvalue weighted by Crippen LogP contribution is 2.29. The summed E-state index contributed by atoms with van der Waals surface area (Å²) in [5.74, 6) is 7.01. The van der Waals surface area contributed by atoms with Gasteiger partial charge in [-0.1, -0.05) is 18.4 Å². The van der Waals surface area contributed by atoms with Crippen LogP contribution in [0.3, 0.4) is 0 Å². The van der Waals surface area contributed by atoms with E-state index in [9.17, 15) is 13.2 Å². The molecule has 5 nitrogen and oxygen atoms in total. The van der Waals surface area contributed by atoms with Crippen LogP contribution in [0, 0.1) is 11.8 Å². The molecule has 4 rings (SSSR count). The highest BCUT2D eigenvalue weighted by atomic mass is 32.2. The summed E-state index contributed by atoms with van der Waals surface area (Å²) in [7, 11) is 3.84. The second-order valence-corrected chi connectivity index (χ2v) is 9.22. The number of nitrogens with zero attached hydrogens (tertiary/aromatic N) is 2. The number of nitrogens with one attached hydrogen (secondary N) is 1. The molecule has 1 saturated heterocycles. The number of ether oxygens (including phenoxy) is 1. The van der Waals surface area contributed by atoms with Gasteiger partial charge in [0.05, 0.1) is 37.1 Å². The van der Waals surface area contributed by atoms with Crippen molar-refractivity contribution < 1.29 is 17.9 Å². The lowest BCUT2D eigenvalue weighted by molar-refractivity contribution is 0.277. The first-order chi connectivity index (χ1) is 18.0. The molecular formula is C28H37F3N4OS. The highest BCUT2D eigenvalue weighted by Gasteiger charge is 2.09. The van der Waals surface area contributed by atoms with E-state index >= 15 is 0 Å². The Kier molecular flexibility index (Phi) is 13.7. The molecule has 1 fully saturated rings. The summed E-state index contributed by atoms with van der Waals surface area (Å²) < 4.78 is 39.5. The molecule has 1 aliphatic rings. The first-order valence-corrected chi connectivity index (χ1v) is 13.4. The summed E-state index contributed by atoms with van der Waals surface area (Å²) in [6.07, 6.45) is 6.30. The van der Waals surface area contributed by atoms with E-state index < -0.39 is 13.6 Å². The molecule has 3 aromatic rings. The minimum Gasteiger partial charge on any atom is -0.495 e. The number of benzene rings is 2. The van der Waals surface area contributed by atoms with Gasteiger partial charge in [-0.05, 0) is 81.6 Å². The van der Waals surface area contributed by atoms with Gasteiger partial charge < -0.3 is 25.3 Å². The maximum atomic E-state index is 13.0. The van der Waals surface area contributed by atoms with Gasteiger partial charge in [-0.2, -0.15) is 0 Å². The van der Waals surface area contributed by atoms with Gasteiger partial charge in [0.1, 0.15) is 12.4 Å². The molecule has 2 heterocycles. The average Bonchev–Trinajstić information content (AvgIpc) is 3.26. The number of thioether (sulfide) groups is 1. The molecule has 1 aromatic heterocycles. The zero-order valence-corrected chi connectivity index (χ0v) is 22.6. The van der Waals surface area contributed by atoms with E-state index in [1.807, 2.05) is 53.3 Å². The number of nitrogens with two attached hydrogens (primary N) is 1. The molecule has 1 aliphatic heterocycles. The Labute approximate surface area is 222 Å². The van der Waals surface area contributed by atoms with Crippen LogP contribution in [-0.2, 0) is 6.54 Å². The van der Waals surface area contributed by atoms with Gasteiger partial charge >= 0.3 is 0 Å². The SMILES string of the molecule is CN1CCCCC1.COc1cc(SC)ccc1NCC#Cc1cc2c(N)cccc2n1CCF.FCF. The van der Waals surface area contributed by atoms with E-state index in [0.717, 1.165) is 32.9 Å². The van der Waals surface area contributed by atoms with Crippen LogP contribution in [0.5, 0.6) is 5.75 Å². The lowest BCUT2D eigenvalue weighted by Gasteiger charge is -2.20. The van der Waals surface area contributed by atoms with E-state index in [1.165, 1.54) is 32.4 Å². The molecule has 2 aromatic carbocycles. The zero-order valence-electron chi connectivity index (χ0n) is 21.8. The van der Waals surface area contributed by atoms with Crippen molar-refractivity contribution in [3.8, 4) is 17.6 Å². The molecular weight excluding hydrogens is 497 g/mol. The summed E-state index contributed by atoms with van der Waals surface area (Å²) >= 11 is 1.66. The zero-order chi connectivity index (χ0) is 27.0. The molecule has 0 unspecified atom stereocenters. The summed E-state index contributed by atoms with van der Waals surface area (Å²) in [5.41, 5.74) is 9.25. The number of anilines is 2. The molecule has 202 valence electrons. The Morgan fingerprint density at radius 3 is 2.41 bits per heavy atom. The van der Waals surface area contributed by atoms with Gasteiger partial charge in [0.25, 0.3) is 0 Å². The van der Waals surface area contributed by atoms with Crippen LogP contribution in [0.15, 0.2) is 47.4 Å². The Morgan fingerprint density at radius 2 is 1.81 bits per heavy atom. The number of piperidine rings is 1. The fourth-order valence-corrected chi connectivity index (χ4v) is 4.44. The Bertz CT molecular complexity index is 1150. The van der Waals surface area contributed by atoms with Crippen LogP contribution in [0.2, 0.25) is 0 Å². The van der Waals surface area contributed by atoms with Crippen LogP contribution >= 0.6 is 11.8 Å². The molecule has 0 spiro atoms. The number of hydrogen-bond acceptors (Lipinski definition) is 5. The maximum absolute atomic E-state index is 13.0. The van der Waals surface area contributed by atoms with Gasteiger partial charge in [-0.25, -0.2) is 13.2 Å². The second-order valence-electron chi connectivity index (χ2n) is 8.34. The number of fused-ring (bicyclic) bond motifs is 1. The first-order valence-electron chi connectivity index (χ1n) is 12.2. The smallest absolute Gasteiger partial charge is 0.229 e. The maximum Gasteiger partial charge on any atom is 0.229 e. The number of rotatable bonds is 6. The fraction of sp³-hybridized carbons (Fsp3) is 0.429. The third-order valence-corrected chi connectivity index (χ3v) is 6.58. The van der Waals surface area contributed by atoms with Gasteiger partial charge in [-0.3, -0.25) is 0 Å². The van der Waals surface area contributed by atoms with Crippen molar-refractivity contribution in [1.82, 2.24) is 9.47 Å². The molecule has 0 bridgehead atoms. The Hall–Kier alpha value is -2.96. The third kappa shape index (κ3) is 9.45. The number of hydrogen-bond donors (Lipinski definition) is 2. The van der Waals surface area contributed by atoms with Crippen molar-refractivity contribution in [2.45, 2.75) is 30.7 Å². The minimum atomic E-state index is -1.75. The van der Waals surface area contributed by atoms with Crippen LogP contribution in [0.4, 0.5) is 24.5 Å². The van der Waals surface area contributed by atoms with Crippen molar-refractivity contribution in [2.24, 2.45) is 0 Å². The largest absolute Gasteiger partial charge is 0.495 e. The monoisotopic (exact) mass is 534 g/mol. The molecule has 0 radical (unpaired) electrons. The lowest BCUT2D eigenvalue weighted by atomic mass is 10.1. The van der Waals surface area contributed by atoms with E-state index in [1.54, 1.807) is 18.9 Å². The number of likely N-dealkylation sites (tertiary alicyclic amines) is 1. The van der Waals surface area contributed by atoms with Crippen LogP contribution < -0.4 is 15.8 Å². The quantitative estimate of drug-likeness (QED) is 0.219. The topological polar surface area (TPSA) is 55.4 Å². The number of halogens is 3. The van der Waals surface area contributed by atoms with E-state index in [2.05, 4.69) is 29.1 Å². The highest BCUT2D eigenvalue weighted by molar-refractivity contribution is 7.98. The number of alkyl halides is 3.